The zero-order valence-corrected chi connectivity index (χ0v) is 15.1. The third kappa shape index (κ3) is 3.73. The lowest BCUT2D eigenvalue weighted by molar-refractivity contribution is -0.125. The van der Waals surface area contributed by atoms with Crippen molar-refractivity contribution in [3.05, 3.63) is 70.8 Å². The summed E-state index contributed by atoms with van der Waals surface area (Å²) in [6.07, 6.45) is -0.178. The van der Waals surface area contributed by atoms with E-state index >= 15 is 0 Å². The fourth-order valence-corrected chi connectivity index (χ4v) is 4.10. The normalized spacial score (nSPS) is 25.7. The Kier molecular flexibility index (Phi) is 4.93. The second-order valence-corrected chi connectivity index (χ2v) is 7.31. The van der Waals surface area contributed by atoms with E-state index in [9.17, 15) is 13.6 Å². The molecule has 4 rings (SSSR count). The van der Waals surface area contributed by atoms with Crippen LogP contribution in [-0.4, -0.2) is 42.6 Å². The van der Waals surface area contributed by atoms with E-state index in [0.717, 1.165) is 16.7 Å². The van der Waals surface area contributed by atoms with Crippen LogP contribution in [0.3, 0.4) is 0 Å². The van der Waals surface area contributed by atoms with E-state index in [1.807, 2.05) is 6.92 Å². The highest BCUT2D eigenvalue weighted by Gasteiger charge is 2.44. The van der Waals surface area contributed by atoms with Gasteiger partial charge in [-0.05, 0) is 47.9 Å². The van der Waals surface area contributed by atoms with Crippen molar-refractivity contribution in [2.75, 3.05) is 19.7 Å². The van der Waals surface area contributed by atoms with Crippen molar-refractivity contribution in [1.29, 1.82) is 0 Å². The minimum atomic E-state index is -0.279. The number of ether oxygens (including phenoxy) is 1. The van der Waals surface area contributed by atoms with Gasteiger partial charge in [-0.3, -0.25) is 9.69 Å². The molecule has 0 radical (unpaired) electrons. The Bertz CT molecular complexity index is 841. The van der Waals surface area contributed by atoms with E-state index in [1.165, 1.54) is 18.2 Å². The molecular formula is C21H22F2N2O2. The maximum atomic E-state index is 13.7. The molecule has 1 N–H and O–H groups in total. The largest absolute Gasteiger partial charge is 0.366 e. The molecule has 142 valence electrons. The SMILES string of the molecule is Cc1ccc(F)cc1CN1C[C@H](c2ccc(F)cc2)[C@H]2OCC(=O)NC[C@H]21. The first-order chi connectivity index (χ1) is 13.0. The summed E-state index contributed by atoms with van der Waals surface area (Å²) in [4.78, 5) is 14.0. The van der Waals surface area contributed by atoms with Crippen molar-refractivity contribution in [1.82, 2.24) is 10.2 Å². The Morgan fingerprint density at radius 3 is 2.67 bits per heavy atom. The molecule has 2 fully saturated rings. The molecule has 2 heterocycles. The summed E-state index contributed by atoms with van der Waals surface area (Å²) in [6, 6.07) is 11.2. The highest BCUT2D eigenvalue weighted by Crippen LogP contribution is 2.36. The zero-order chi connectivity index (χ0) is 19.0. The third-order valence-corrected chi connectivity index (χ3v) is 5.57. The quantitative estimate of drug-likeness (QED) is 0.901. The number of fused-ring (bicyclic) bond motifs is 1. The van der Waals surface area contributed by atoms with Crippen molar-refractivity contribution in [2.24, 2.45) is 0 Å². The fourth-order valence-electron chi connectivity index (χ4n) is 4.10. The molecule has 0 spiro atoms. The molecule has 6 heteroatoms. The molecule has 0 bridgehead atoms. The molecule has 1 amide bonds. The zero-order valence-electron chi connectivity index (χ0n) is 15.1. The molecule has 2 saturated heterocycles. The van der Waals surface area contributed by atoms with Gasteiger partial charge in [0.25, 0.3) is 0 Å². The van der Waals surface area contributed by atoms with Crippen LogP contribution < -0.4 is 5.32 Å². The first-order valence-corrected chi connectivity index (χ1v) is 9.14. The molecule has 2 aliphatic heterocycles. The van der Waals surface area contributed by atoms with Crippen molar-refractivity contribution in [3.8, 4) is 0 Å². The first kappa shape index (κ1) is 18.1. The number of benzene rings is 2. The van der Waals surface area contributed by atoms with Gasteiger partial charge in [0.05, 0.1) is 12.1 Å². The molecule has 3 atom stereocenters. The summed E-state index contributed by atoms with van der Waals surface area (Å²) in [5, 5.41) is 2.90. The average Bonchev–Trinajstić information content (AvgIpc) is 2.86. The number of likely N-dealkylation sites (tertiary alicyclic amines) is 1. The van der Waals surface area contributed by atoms with Crippen LogP contribution in [0.15, 0.2) is 42.5 Å². The molecule has 27 heavy (non-hydrogen) atoms. The Labute approximate surface area is 157 Å². The highest BCUT2D eigenvalue weighted by molar-refractivity contribution is 5.77. The second-order valence-electron chi connectivity index (χ2n) is 7.31. The second kappa shape index (κ2) is 7.37. The molecule has 4 nitrogen and oxygen atoms in total. The molecule has 0 aliphatic carbocycles. The minimum absolute atomic E-state index is 0.0193. The predicted octanol–water partition coefficient (Wildman–Crippen LogP) is 2.76. The number of nitrogens with zero attached hydrogens (tertiary/aromatic N) is 1. The van der Waals surface area contributed by atoms with Gasteiger partial charge in [-0.15, -0.1) is 0 Å². The van der Waals surface area contributed by atoms with Gasteiger partial charge in [-0.1, -0.05) is 18.2 Å². The molecule has 2 aromatic rings. The van der Waals surface area contributed by atoms with Crippen LogP contribution >= 0.6 is 0 Å². The van der Waals surface area contributed by atoms with E-state index in [1.54, 1.807) is 24.3 Å². The van der Waals surface area contributed by atoms with Crippen molar-refractivity contribution in [3.63, 3.8) is 0 Å². The van der Waals surface area contributed by atoms with Crippen LogP contribution in [0.4, 0.5) is 8.78 Å². The van der Waals surface area contributed by atoms with E-state index in [-0.39, 0.29) is 42.2 Å². The van der Waals surface area contributed by atoms with Crippen molar-refractivity contribution < 1.29 is 18.3 Å². The summed E-state index contributed by atoms with van der Waals surface area (Å²) >= 11 is 0. The Balaban J connectivity index is 1.64. The maximum Gasteiger partial charge on any atom is 0.246 e. The van der Waals surface area contributed by atoms with E-state index in [4.69, 9.17) is 4.74 Å². The van der Waals surface area contributed by atoms with Crippen LogP contribution in [-0.2, 0) is 16.1 Å². The van der Waals surface area contributed by atoms with Gasteiger partial charge in [-0.25, -0.2) is 8.78 Å². The lowest BCUT2D eigenvalue weighted by atomic mass is 9.93. The van der Waals surface area contributed by atoms with Gasteiger partial charge in [0, 0.05) is 25.6 Å². The number of carbonyl (C=O) groups excluding carboxylic acids is 1. The first-order valence-electron chi connectivity index (χ1n) is 9.14. The van der Waals surface area contributed by atoms with Crippen LogP contribution in [0.5, 0.6) is 0 Å². The van der Waals surface area contributed by atoms with Crippen LogP contribution in [0.25, 0.3) is 0 Å². The summed E-state index contributed by atoms with van der Waals surface area (Å²) < 4.78 is 33.0. The Morgan fingerprint density at radius 1 is 1.15 bits per heavy atom. The summed E-state index contributed by atoms with van der Waals surface area (Å²) in [6.45, 7) is 3.74. The lowest BCUT2D eigenvalue weighted by Crippen LogP contribution is -2.42. The van der Waals surface area contributed by atoms with Gasteiger partial charge in [0.2, 0.25) is 5.91 Å². The number of halogens is 2. The predicted molar refractivity (Wildman–Crippen MR) is 97.2 cm³/mol. The van der Waals surface area contributed by atoms with Gasteiger partial charge in [-0.2, -0.15) is 0 Å². The van der Waals surface area contributed by atoms with Gasteiger partial charge in [0.15, 0.2) is 0 Å². The topological polar surface area (TPSA) is 41.6 Å². The number of carbonyl (C=O) groups is 1. The lowest BCUT2D eigenvalue weighted by Gasteiger charge is -2.26. The van der Waals surface area contributed by atoms with Crippen LogP contribution in [0.2, 0.25) is 0 Å². The number of aryl methyl sites for hydroxylation is 1. The number of amides is 1. The number of nitrogens with one attached hydrogen (secondary N) is 1. The molecule has 2 aliphatic rings. The van der Waals surface area contributed by atoms with Gasteiger partial charge >= 0.3 is 0 Å². The van der Waals surface area contributed by atoms with Gasteiger partial charge in [0.1, 0.15) is 18.2 Å². The number of rotatable bonds is 3. The average molecular weight is 372 g/mol. The maximum absolute atomic E-state index is 13.7. The molecular weight excluding hydrogens is 350 g/mol. The van der Waals surface area contributed by atoms with Crippen molar-refractivity contribution >= 4 is 5.91 Å². The molecule has 0 saturated carbocycles. The number of hydrogen-bond acceptors (Lipinski definition) is 3. The van der Waals surface area contributed by atoms with Crippen LogP contribution in [0.1, 0.15) is 22.6 Å². The standard InChI is InChI=1S/C21H22F2N2O2/c1-13-2-5-17(23)8-15(13)10-25-11-18(14-3-6-16(22)7-4-14)21-19(25)9-24-20(26)12-27-21/h2-8,18-19,21H,9-12H2,1H3,(H,24,26)/t18-,19-,21-/m1/s1. The Morgan fingerprint density at radius 2 is 1.89 bits per heavy atom. The smallest absolute Gasteiger partial charge is 0.246 e. The summed E-state index contributed by atoms with van der Waals surface area (Å²) in [7, 11) is 0. The molecule has 0 aromatic heterocycles. The Hall–Kier alpha value is -2.31. The number of hydrogen-bond donors (Lipinski definition) is 1. The molecule has 2 aromatic carbocycles. The van der Waals surface area contributed by atoms with E-state index < -0.39 is 0 Å². The minimum Gasteiger partial charge on any atom is -0.366 e. The summed E-state index contributed by atoms with van der Waals surface area (Å²) in [5.74, 6) is -0.646. The molecule has 0 unspecified atom stereocenters. The third-order valence-electron chi connectivity index (χ3n) is 5.57. The fraction of sp³-hybridized carbons (Fsp3) is 0.381. The van der Waals surface area contributed by atoms with Crippen LogP contribution in [0, 0.1) is 18.6 Å². The van der Waals surface area contributed by atoms with Crippen molar-refractivity contribution in [2.45, 2.75) is 31.5 Å². The van der Waals surface area contributed by atoms with E-state index in [2.05, 4.69) is 10.2 Å². The summed E-state index contributed by atoms with van der Waals surface area (Å²) in [5.41, 5.74) is 2.93. The van der Waals surface area contributed by atoms with Gasteiger partial charge < -0.3 is 10.1 Å². The van der Waals surface area contributed by atoms with E-state index in [0.29, 0.717) is 19.6 Å². The highest BCUT2D eigenvalue weighted by atomic mass is 19.1. The monoisotopic (exact) mass is 372 g/mol.